The number of rotatable bonds is 8. The van der Waals surface area contributed by atoms with Crippen molar-refractivity contribution in [1.82, 2.24) is 15.1 Å². The van der Waals surface area contributed by atoms with Gasteiger partial charge in [-0.2, -0.15) is 0 Å². The second-order valence-electron chi connectivity index (χ2n) is 5.99. The van der Waals surface area contributed by atoms with Crippen molar-refractivity contribution >= 4 is 23.6 Å². The van der Waals surface area contributed by atoms with Crippen LogP contribution in [-0.2, 0) is 15.3 Å². The first-order valence-electron chi connectivity index (χ1n) is 8.57. The summed E-state index contributed by atoms with van der Waals surface area (Å²) in [6.07, 6.45) is 0.953. The lowest BCUT2D eigenvalue weighted by atomic mass is 10.2. The van der Waals surface area contributed by atoms with Crippen LogP contribution in [-0.4, -0.2) is 66.6 Å². The van der Waals surface area contributed by atoms with Crippen molar-refractivity contribution in [1.29, 1.82) is 0 Å². The Morgan fingerprint density at radius 1 is 1.12 bits per heavy atom. The minimum atomic E-state index is 0.0787. The van der Waals surface area contributed by atoms with E-state index in [-0.39, 0.29) is 11.8 Å². The predicted octanol–water partition coefficient (Wildman–Crippen LogP) is 1.59. The fourth-order valence-corrected chi connectivity index (χ4v) is 3.49. The van der Waals surface area contributed by atoms with E-state index in [1.54, 1.807) is 11.8 Å². The van der Waals surface area contributed by atoms with Crippen LogP contribution in [0.25, 0.3) is 0 Å². The number of hydrogen-bond acceptors (Lipinski definition) is 4. The summed E-state index contributed by atoms with van der Waals surface area (Å²) >= 11 is 1.66. The van der Waals surface area contributed by atoms with Crippen LogP contribution in [0.3, 0.4) is 0 Å². The number of piperazine rings is 1. The Balaban J connectivity index is 1.62. The summed E-state index contributed by atoms with van der Waals surface area (Å²) in [5.41, 5.74) is 1.25. The predicted molar refractivity (Wildman–Crippen MR) is 98.9 cm³/mol. The summed E-state index contributed by atoms with van der Waals surface area (Å²) in [5, 5.41) is 2.89. The van der Waals surface area contributed by atoms with Crippen LogP contribution in [0.2, 0.25) is 0 Å². The first-order valence-corrected chi connectivity index (χ1v) is 9.73. The Kier molecular flexibility index (Phi) is 8.12. The van der Waals surface area contributed by atoms with Gasteiger partial charge in [-0.25, -0.2) is 0 Å². The molecule has 0 saturated carbocycles. The summed E-state index contributed by atoms with van der Waals surface area (Å²) in [5.74, 6) is 1.66. The van der Waals surface area contributed by atoms with Gasteiger partial charge in [0.2, 0.25) is 11.8 Å². The molecular weight excluding hydrogens is 322 g/mol. The van der Waals surface area contributed by atoms with Crippen molar-refractivity contribution in [3.8, 4) is 0 Å². The van der Waals surface area contributed by atoms with Gasteiger partial charge in [-0.3, -0.25) is 14.5 Å². The van der Waals surface area contributed by atoms with E-state index in [0.717, 1.165) is 31.8 Å². The molecule has 1 heterocycles. The average Bonchev–Trinajstić information content (AvgIpc) is 2.61. The Morgan fingerprint density at radius 2 is 1.83 bits per heavy atom. The standard InChI is InChI=1S/C18H27N3O2S/c1-2-8-19-17(22)13-20-9-11-21(12-10-20)18(23)15-24-14-16-6-4-3-5-7-16/h3-7H,2,8-15H2,1H3,(H,19,22). The van der Waals surface area contributed by atoms with Crippen LogP contribution in [0, 0.1) is 0 Å². The van der Waals surface area contributed by atoms with Crippen LogP contribution in [0.5, 0.6) is 0 Å². The molecule has 0 aromatic heterocycles. The highest BCUT2D eigenvalue weighted by atomic mass is 32.2. The summed E-state index contributed by atoms with van der Waals surface area (Å²) < 4.78 is 0. The molecule has 0 atom stereocenters. The van der Waals surface area contributed by atoms with Crippen LogP contribution in [0.1, 0.15) is 18.9 Å². The van der Waals surface area contributed by atoms with Gasteiger partial charge in [-0.05, 0) is 12.0 Å². The van der Waals surface area contributed by atoms with Crippen molar-refractivity contribution in [2.45, 2.75) is 19.1 Å². The van der Waals surface area contributed by atoms with Crippen molar-refractivity contribution < 1.29 is 9.59 Å². The lowest BCUT2D eigenvalue weighted by Gasteiger charge is -2.34. The van der Waals surface area contributed by atoms with E-state index in [2.05, 4.69) is 22.3 Å². The fourth-order valence-electron chi connectivity index (χ4n) is 2.60. The van der Waals surface area contributed by atoms with E-state index < -0.39 is 0 Å². The van der Waals surface area contributed by atoms with Crippen molar-refractivity contribution in [3.05, 3.63) is 35.9 Å². The number of nitrogens with zero attached hydrogens (tertiary/aromatic N) is 2. The molecule has 0 unspecified atom stereocenters. The molecule has 0 aliphatic carbocycles. The summed E-state index contributed by atoms with van der Waals surface area (Å²) in [4.78, 5) is 28.0. The van der Waals surface area contributed by atoms with Gasteiger partial charge < -0.3 is 10.2 Å². The van der Waals surface area contributed by atoms with Crippen LogP contribution >= 0.6 is 11.8 Å². The third-order valence-corrected chi connectivity index (χ3v) is 4.99. The Bertz CT molecular complexity index is 516. The fraction of sp³-hybridized carbons (Fsp3) is 0.556. The molecule has 1 aromatic carbocycles. The summed E-state index contributed by atoms with van der Waals surface area (Å²) in [6.45, 7) is 6.18. The van der Waals surface area contributed by atoms with Crippen LogP contribution in [0.4, 0.5) is 0 Å². The second-order valence-corrected chi connectivity index (χ2v) is 6.97. The van der Waals surface area contributed by atoms with Crippen LogP contribution < -0.4 is 5.32 Å². The van der Waals surface area contributed by atoms with Gasteiger partial charge >= 0.3 is 0 Å². The molecule has 24 heavy (non-hydrogen) atoms. The third kappa shape index (κ3) is 6.53. The summed E-state index contributed by atoms with van der Waals surface area (Å²) in [6, 6.07) is 10.2. The molecule has 0 bridgehead atoms. The number of hydrogen-bond donors (Lipinski definition) is 1. The van der Waals surface area contributed by atoms with Gasteiger partial charge in [0.15, 0.2) is 0 Å². The lowest BCUT2D eigenvalue weighted by Crippen LogP contribution is -2.51. The maximum Gasteiger partial charge on any atom is 0.234 e. The number of nitrogens with one attached hydrogen (secondary N) is 1. The van der Waals surface area contributed by atoms with Gasteiger partial charge in [0, 0.05) is 38.5 Å². The average molecular weight is 350 g/mol. The quantitative estimate of drug-likeness (QED) is 0.774. The van der Waals surface area contributed by atoms with Gasteiger partial charge in [0.25, 0.3) is 0 Å². The maximum atomic E-state index is 12.3. The minimum absolute atomic E-state index is 0.0787. The van der Waals surface area contributed by atoms with Gasteiger partial charge in [-0.15, -0.1) is 11.8 Å². The molecular formula is C18H27N3O2S. The minimum Gasteiger partial charge on any atom is -0.355 e. The smallest absolute Gasteiger partial charge is 0.234 e. The lowest BCUT2D eigenvalue weighted by molar-refractivity contribution is -0.130. The SMILES string of the molecule is CCCNC(=O)CN1CCN(C(=O)CSCc2ccccc2)CC1. The molecule has 6 heteroatoms. The molecule has 0 radical (unpaired) electrons. The van der Waals surface area contributed by atoms with Crippen molar-refractivity contribution in [2.24, 2.45) is 0 Å². The van der Waals surface area contributed by atoms with E-state index in [0.29, 0.717) is 25.4 Å². The topological polar surface area (TPSA) is 52.7 Å². The normalized spacial score (nSPS) is 15.3. The van der Waals surface area contributed by atoms with Crippen molar-refractivity contribution in [2.75, 3.05) is 45.0 Å². The van der Waals surface area contributed by atoms with E-state index in [1.165, 1.54) is 5.56 Å². The first kappa shape index (κ1) is 18.8. The molecule has 132 valence electrons. The van der Waals surface area contributed by atoms with E-state index in [1.807, 2.05) is 30.0 Å². The number of benzene rings is 1. The zero-order chi connectivity index (χ0) is 17.2. The number of amides is 2. The number of carbonyl (C=O) groups excluding carboxylic acids is 2. The molecule has 5 nitrogen and oxygen atoms in total. The molecule has 0 spiro atoms. The molecule has 2 rings (SSSR count). The van der Waals surface area contributed by atoms with E-state index in [9.17, 15) is 9.59 Å². The zero-order valence-electron chi connectivity index (χ0n) is 14.4. The van der Waals surface area contributed by atoms with Gasteiger partial charge in [0.05, 0.1) is 12.3 Å². The molecule has 1 N–H and O–H groups in total. The number of thioether (sulfide) groups is 1. The monoisotopic (exact) mass is 349 g/mol. The van der Waals surface area contributed by atoms with Gasteiger partial charge in [0.1, 0.15) is 0 Å². The maximum absolute atomic E-state index is 12.3. The Hall–Kier alpha value is -1.53. The Morgan fingerprint density at radius 3 is 2.50 bits per heavy atom. The molecule has 1 aromatic rings. The molecule has 1 aliphatic rings. The number of carbonyl (C=O) groups is 2. The van der Waals surface area contributed by atoms with Gasteiger partial charge in [-0.1, -0.05) is 37.3 Å². The molecule has 1 aliphatic heterocycles. The highest BCUT2D eigenvalue weighted by Gasteiger charge is 2.22. The van der Waals surface area contributed by atoms with E-state index >= 15 is 0 Å². The third-order valence-electron chi connectivity index (χ3n) is 4.00. The van der Waals surface area contributed by atoms with E-state index in [4.69, 9.17) is 0 Å². The van der Waals surface area contributed by atoms with Crippen molar-refractivity contribution in [3.63, 3.8) is 0 Å². The second kappa shape index (κ2) is 10.4. The largest absolute Gasteiger partial charge is 0.355 e. The van der Waals surface area contributed by atoms with Crippen LogP contribution in [0.15, 0.2) is 30.3 Å². The molecule has 2 amide bonds. The first-order chi connectivity index (χ1) is 11.7. The summed E-state index contributed by atoms with van der Waals surface area (Å²) in [7, 11) is 0. The molecule has 1 saturated heterocycles. The molecule has 1 fully saturated rings. The highest BCUT2D eigenvalue weighted by molar-refractivity contribution is 7.99. The zero-order valence-corrected chi connectivity index (χ0v) is 15.2. The Labute approximate surface area is 148 Å². The highest BCUT2D eigenvalue weighted by Crippen LogP contribution is 2.13.